The first-order valence-electron chi connectivity index (χ1n) is 11.7. The fourth-order valence-corrected chi connectivity index (χ4v) is 4.70. The van der Waals surface area contributed by atoms with Crippen LogP contribution in [-0.2, 0) is 13.5 Å². The number of fused-ring (bicyclic) bond motifs is 1. The normalized spacial score (nSPS) is 16.4. The molecule has 0 aliphatic carbocycles. The van der Waals surface area contributed by atoms with E-state index >= 15 is 0 Å². The van der Waals surface area contributed by atoms with Gasteiger partial charge in [0.1, 0.15) is 0 Å². The van der Waals surface area contributed by atoms with E-state index in [1.165, 1.54) is 0 Å². The molecule has 1 unspecified atom stereocenters. The Kier molecular flexibility index (Phi) is 6.12. The lowest BCUT2D eigenvalue weighted by Crippen LogP contribution is -2.33. The third kappa shape index (κ3) is 4.57. The van der Waals surface area contributed by atoms with Crippen molar-refractivity contribution in [2.75, 3.05) is 18.4 Å². The molecule has 1 aliphatic heterocycles. The molecule has 174 valence electrons. The Labute approximate surface area is 198 Å². The molecule has 1 aliphatic rings. The van der Waals surface area contributed by atoms with Gasteiger partial charge in [0.25, 0.3) is 11.8 Å². The van der Waals surface area contributed by atoms with Gasteiger partial charge in [-0.05, 0) is 61.9 Å². The molecule has 1 aromatic carbocycles. The van der Waals surface area contributed by atoms with Crippen molar-refractivity contribution < 1.29 is 9.59 Å². The van der Waals surface area contributed by atoms with Gasteiger partial charge in [-0.3, -0.25) is 19.3 Å². The fourth-order valence-electron chi connectivity index (χ4n) is 4.70. The second-order valence-corrected chi connectivity index (χ2v) is 8.84. The summed E-state index contributed by atoms with van der Waals surface area (Å²) in [5.41, 5.74) is 3.59. The molecule has 4 heterocycles. The van der Waals surface area contributed by atoms with Crippen LogP contribution in [0.15, 0.2) is 67.3 Å². The minimum absolute atomic E-state index is 0.0515. The van der Waals surface area contributed by atoms with Gasteiger partial charge in [-0.1, -0.05) is 12.1 Å². The monoisotopic (exact) mass is 456 g/mol. The highest BCUT2D eigenvalue weighted by molar-refractivity contribution is 6.08. The zero-order valence-corrected chi connectivity index (χ0v) is 19.2. The van der Waals surface area contributed by atoms with Crippen LogP contribution in [0.3, 0.4) is 0 Å². The molecule has 1 atom stereocenters. The molecule has 8 heteroatoms. The molecule has 0 spiro atoms. The third-order valence-corrected chi connectivity index (χ3v) is 6.50. The van der Waals surface area contributed by atoms with Crippen molar-refractivity contribution in [3.05, 3.63) is 84.2 Å². The number of carbonyl (C=O) groups excluding carboxylic acids is 2. The number of likely N-dealkylation sites (tertiary alicyclic amines) is 1. The minimum Gasteiger partial charge on any atom is -0.339 e. The number of hydrogen-bond acceptors (Lipinski definition) is 4. The predicted molar refractivity (Wildman–Crippen MR) is 130 cm³/mol. The van der Waals surface area contributed by atoms with Crippen LogP contribution in [0.4, 0.5) is 5.69 Å². The van der Waals surface area contributed by atoms with Crippen molar-refractivity contribution in [1.82, 2.24) is 24.1 Å². The molecule has 2 amide bonds. The summed E-state index contributed by atoms with van der Waals surface area (Å²) in [5.74, 6) is 0.0960. The maximum Gasteiger partial charge on any atom is 0.276 e. The van der Waals surface area contributed by atoms with Gasteiger partial charge in [0.15, 0.2) is 5.69 Å². The Morgan fingerprint density at radius 3 is 2.76 bits per heavy atom. The molecule has 0 bridgehead atoms. The SMILES string of the molecule is Cn1ccc(C(=O)Nc2ccccc2C(=O)N2CCCC(Cc3nccn4cccc34)CC2)n1. The quantitative estimate of drug-likeness (QED) is 0.495. The average molecular weight is 457 g/mol. The minimum atomic E-state index is -0.330. The van der Waals surface area contributed by atoms with Crippen molar-refractivity contribution in [2.24, 2.45) is 13.0 Å². The van der Waals surface area contributed by atoms with Gasteiger partial charge in [-0.2, -0.15) is 5.10 Å². The maximum absolute atomic E-state index is 13.4. The van der Waals surface area contributed by atoms with Gasteiger partial charge in [-0.15, -0.1) is 0 Å². The Balaban J connectivity index is 1.26. The standard InChI is InChI=1S/C26H28N6O2/c1-30-15-11-22(29-30)25(33)28-21-8-3-2-7-20(21)26(34)32-14-4-6-19(10-16-32)18-23-24-9-5-13-31(24)17-12-27-23/h2-3,5,7-9,11-13,15,17,19H,4,6,10,14,16,18H2,1H3,(H,28,33). The number of nitrogens with one attached hydrogen (secondary N) is 1. The Hall–Kier alpha value is -3.94. The number of rotatable bonds is 5. The molecule has 4 aromatic rings. The van der Waals surface area contributed by atoms with E-state index in [0.717, 1.165) is 36.9 Å². The number of nitrogens with zero attached hydrogens (tertiary/aromatic N) is 5. The summed E-state index contributed by atoms with van der Waals surface area (Å²) in [5, 5.41) is 7.00. The van der Waals surface area contributed by atoms with E-state index in [1.54, 1.807) is 36.1 Å². The van der Waals surface area contributed by atoms with Crippen LogP contribution < -0.4 is 5.32 Å². The lowest BCUT2D eigenvalue weighted by Gasteiger charge is -2.22. The van der Waals surface area contributed by atoms with Crippen LogP contribution in [-0.4, -0.2) is 49.0 Å². The molecule has 1 N–H and O–H groups in total. The van der Waals surface area contributed by atoms with E-state index in [9.17, 15) is 9.59 Å². The lowest BCUT2D eigenvalue weighted by molar-refractivity contribution is 0.0761. The van der Waals surface area contributed by atoms with E-state index in [4.69, 9.17) is 0 Å². The first-order chi connectivity index (χ1) is 16.6. The van der Waals surface area contributed by atoms with Gasteiger partial charge in [0.05, 0.1) is 22.5 Å². The predicted octanol–water partition coefficient (Wildman–Crippen LogP) is 3.81. The molecule has 1 fully saturated rings. The van der Waals surface area contributed by atoms with Crippen molar-refractivity contribution in [3.63, 3.8) is 0 Å². The number of benzene rings is 1. The highest BCUT2D eigenvalue weighted by Crippen LogP contribution is 2.25. The zero-order chi connectivity index (χ0) is 23.5. The highest BCUT2D eigenvalue weighted by Gasteiger charge is 2.25. The first kappa shape index (κ1) is 21.9. The van der Waals surface area contributed by atoms with Gasteiger partial charge in [0.2, 0.25) is 0 Å². The number of aromatic nitrogens is 4. The van der Waals surface area contributed by atoms with Gasteiger partial charge in [-0.25, -0.2) is 0 Å². The van der Waals surface area contributed by atoms with E-state index in [-0.39, 0.29) is 11.8 Å². The first-order valence-corrected chi connectivity index (χ1v) is 11.7. The zero-order valence-electron chi connectivity index (χ0n) is 19.2. The molecule has 0 saturated carbocycles. The van der Waals surface area contributed by atoms with E-state index in [1.807, 2.05) is 41.7 Å². The fraction of sp³-hybridized carbons (Fsp3) is 0.308. The molecule has 5 rings (SSSR count). The van der Waals surface area contributed by atoms with Crippen LogP contribution in [0.5, 0.6) is 0 Å². The summed E-state index contributed by atoms with van der Waals surface area (Å²) in [4.78, 5) is 32.6. The van der Waals surface area contributed by atoms with Crippen molar-refractivity contribution >= 4 is 23.0 Å². The maximum atomic E-state index is 13.4. The Morgan fingerprint density at radius 1 is 1.03 bits per heavy atom. The van der Waals surface area contributed by atoms with Crippen molar-refractivity contribution in [3.8, 4) is 0 Å². The van der Waals surface area contributed by atoms with Crippen LogP contribution >= 0.6 is 0 Å². The highest BCUT2D eigenvalue weighted by atomic mass is 16.2. The van der Waals surface area contributed by atoms with Crippen molar-refractivity contribution in [2.45, 2.75) is 25.7 Å². The summed E-state index contributed by atoms with van der Waals surface area (Å²) in [6.07, 6.45) is 11.4. The van der Waals surface area contributed by atoms with Crippen LogP contribution in [0.1, 0.15) is 45.8 Å². The summed E-state index contributed by atoms with van der Waals surface area (Å²) in [6, 6.07) is 13.0. The molecule has 8 nitrogen and oxygen atoms in total. The molecule has 34 heavy (non-hydrogen) atoms. The number of para-hydroxylation sites is 1. The summed E-state index contributed by atoms with van der Waals surface area (Å²) < 4.78 is 3.68. The lowest BCUT2D eigenvalue weighted by atomic mass is 9.95. The van der Waals surface area contributed by atoms with Crippen LogP contribution in [0, 0.1) is 5.92 Å². The molecular formula is C26H28N6O2. The van der Waals surface area contributed by atoms with Crippen LogP contribution in [0.2, 0.25) is 0 Å². The smallest absolute Gasteiger partial charge is 0.276 e. The summed E-state index contributed by atoms with van der Waals surface area (Å²) in [7, 11) is 1.76. The number of amides is 2. The molecule has 1 saturated heterocycles. The third-order valence-electron chi connectivity index (χ3n) is 6.50. The number of hydrogen-bond donors (Lipinski definition) is 1. The average Bonchev–Trinajstić information content (AvgIpc) is 3.44. The summed E-state index contributed by atoms with van der Waals surface area (Å²) >= 11 is 0. The largest absolute Gasteiger partial charge is 0.339 e. The second kappa shape index (κ2) is 9.51. The molecule has 0 radical (unpaired) electrons. The number of carbonyl (C=O) groups is 2. The van der Waals surface area contributed by atoms with Gasteiger partial charge < -0.3 is 14.6 Å². The van der Waals surface area contributed by atoms with Crippen LogP contribution in [0.25, 0.3) is 5.52 Å². The topological polar surface area (TPSA) is 84.5 Å². The molecular weight excluding hydrogens is 428 g/mol. The van der Waals surface area contributed by atoms with Gasteiger partial charge >= 0.3 is 0 Å². The Morgan fingerprint density at radius 2 is 1.91 bits per heavy atom. The second-order valence-electron chi connectivity index (χ2n) is 8.84. The van der Waals surface area contributed by atoms with Crippen molar-refractivity contribution in [1.29, 1.82) is 0 Å². The van der Waals surface area contributed by atoms with E-state index < -0.39 is 0 Å². The van der Waals surface area contributed by atoms with E-state index in [0.29, 0.717) is 36.0 Å². The van der Waals surface area contributed by atoms with E-state index in [2.05, 4.69) is 25.9 Å². The summed E-state index contributed by atoms with van der Waals surface area (Å²) in [6.45, 7) is 1.40. The Bertz CT molecular complexity index is 1320. The molecule has 3 aromatic heterocycles. The number of aryl methyl sites for hydroxylation is 1. The van der Waals surface area contributed by atoms with Gasteiger partial charge in [0, 0.05) is 44.9 Å². The number of anilines is 1.